The zero-order valence-electron chi connectivity index (χ0n) is 9.92. The number of nitrogens with one attached hydrogen (secondary N) is 1. The molecule has 0 aliphatic heterocycles. The van der Waals surface area contributed by atoms with Crippen LogP contribution in [0.5, 0.6) is 0 Å². The van der Waals surface area contributed by atoms with E-state index in [-0.39, 0.29) is 5.56 Å². The molecule has 0 bridgehead atoms. The van der Waals surface area contributed by atoms with Crippen LogP contribution >= 0.6 is 0 Å². The Balaban J connectivity index is 2.58. The van der Waals surface area contributed by atoms with Crippen molar-refractivity contribution in [3.8, 4) is 11.1 Å². The Kier molecular flexibility index (Phi) is 3.33. The number of aromatic amines is 1. The van der Waals surface area contributed by atoms with Crippen molar-refractivity contribution in [1.29, 1.82) is 0 Å². The summed E-state index contributed by atoms with van der Waals surface area (Å²) < 4.78 is 37.3. The topological polar surface area (TPSA) is 115 Å². The van der Waals surface area contributed by atoms with E-state index in [1.54, 1.807) is 0 Å². The molecule has 0 fully saturated rings. The number of rotatable bonds is 3. The van der Waals surface area contributed by atoms with Crippen molar-refractivity contribution in [2.45, 2.75) is 6.18 Å². The van der Waals surface area contributed by atoms with Crippen molar-refractivity contribution in [1.82, 2.24) is 10.2 Å². The van der Waals surface area contributed by atoms with E-state index in [1.165, 1.54) is 0 Å². The van der Waals surface area contributed by atoms with Crippen LogP contribution in [0.3, 0.4) is 0 Å². The van der Waals surface area contributed by atoms with Crippen LogP contribution in [0.2, 0.25) is 0 Å². The van der Waals surface area contributed by atoms with Crippen LogP contribution in [0.25, 0.3) is 11.1 Å². The number of nitrogens with zero attached hydrogens (tertiary/aromatic N) is 3. The Morgan fingerprint density at radius 3 is 2.05 bits per heavy atom. The molecular formula is C10H5F3N4O4. The van der Waals surface area contributed by atoms with E-state index in [0.29, 0.717) is 12.1 Å². The largest absolute Gasteiger partial charge is 0.428 e. The molecule has 0 spiro atoms. The van der Waals surface area contributed by atoms with Crippen LogP contribution in [-0.2, 0) is 6.18 Å². The highest BCUT2D eigenvalue weighted by Crippen LogP contribution is 2.37. The number of benzene rings is 1. The van der Waals surface area contributed by atoms with Crippen molar-refractivity contribution in [3.63, 3.8) is 0 Å². The first-order valence-electron chi connectivity index (χ1n) is 5.26. The fourth-order valence-electron chi connectivity index (χ4n) is 1.68. The van der Waals surface area contributed by atoms with Crippen molar-refractivity contribution < 1.29 is 23.0 Å². The highest BCUT2D eigenvalue weighted by molar-refractivity contribution is 5.78. The number of H-pyrrole nitrogens is 1. The molecule has 2 rings (SSSR count). The molecule has 0 amide bonds. The molecule has 1 N–H and O–H groups in total. The molecule has 0 aliphatic rings. The van der Waals surface area contributed by atoms with Gasteiger partial charge >= 0.3 is 17.8 Å². The van der Waals surface area contributed by atoms with Crippen LogP contribution in [0.1, 0.15) is 5.56 Å². The van der Waals surface area contributed by atoms with Crippen LogP contribution in [0.15, 0.2) is 24.3 Å². The number of alkyl halides is 3. The Labute approximate surface area is 113 Å². The SMILES string of the molecule is O=[N+]([O-])c1n[nH]c([N+](=O)[O-])c1-c1ccc(C(F)(F)F)cc1. The van der Waals surface area contributed by atoms with Gasteiger partial charge in [0.05, 0.1) is 5.56 Å². The third-order valence-electron chi connectivity index (χ3n) is 2.58. The third-order valence-corrected chi connectivity index (χ3v) is 2.58. The van der Waals surface area contributed by atoms with Gasteiger partial charge in [-0.3, -0.25) is 0 Å². The predicted octanol–water partition coefficient (Wildman–Crippen LogP) is 2.91. The Morgan fingerprint density at radius 1 is 1.05 bits per heavy atom. The summed E-state index contributed by atoms with van der Waals surface area (Å²) in [6.45, 7) is 0. The van der Waals surface area contributed by atoms with Crippen LogP contribution in [0, 0.1) is 20.2 Å². The highest BCUT2D eigenvalue weighted by atomic mass is 19.4. The maximum absolute atomic E-state index is 12.4. The smallest absolute Gasteiger partial charge is 0.358 e. The quantitative estimate of drug-likeness (QED) is 0.691. The van der Waals surface area contributed by atoms with Crippen LogP contribution in [-0.4, -0.2) is 20.0 Å². The molecule has 0 radical (unpaired) electrons. The van der Waals surface area contributed by atoms with Gasteiger partial charge in [0.1, 0.15) is 5.10 Å². The summed E-state index contributed by atoms with van der Waals surface area (Å²) in [4.78, 5) is 19.7. The third kappa shape index (κ3) is 2.66. The summed E-state index contributed by atoms with van der Waals surface area (Å²) in [5, 5.41) is 26.6. The Morgan fingerprint density at radius 2 is 1.62 bits per heavy atom. The number of hydrogen-bond acceptors (Lipinski definition) is 5. The summed E-state index contributed by atoms with van der Waals surface area (Å²) in [5.41, 5.74) is -1.56. The van der Waals surface area contributed by atoms with Gasteiger partial charge < -0.3 is 20.2 Å². The molecule has 11 heteroatoms. The molecular weight excluding hydrogens is 297 g/mol. The lowest BCUT2D eigenvalue weighted by Crippen LogP contribution is -2.04. The normalized spacial score (nSPS) is 11.4. The number of halogens is 3. The van der Waals surface area contributed by atoms with Crippen LogP contribution < -0.4 is 0 Å². The van der Waals surface area contributed by atoms with E-state index in [9.17, 15) is 33.4 Å². The van der Waals surface area contributed by atoms with E-state index in [2.05, 4.69) is 5.10 Å². The van der Waals surface area contributed by atoms with E-state index in [1.807, 2.05) is 5.10 Å². The minimum Gasteiger partial charge on any atom is -0.358 e. The summed E-state index contributed by atoms with van der Waals surface area (Å²) in [6.07, 6.45) is -4.58. The first-order chi connectivity index (χ1) is 9.71. The molecule has 1 aromatic heterocycles. The lowest BCUT2D eigenvalue weighted by molar-refractivity contribution is -0.392. The number of nitro groups is 2. The standard InChI is InChI=1S/C10H5F3N4O4/c11-10(12,13)6-3-1-5(2-4-6)7-8(16(18)19)14-15-9(7)17(20)21/h1-4H,(H,14,15). The van der Waals surface area contributed by atoms with E-state index < -0.39 is 38.8 Å². The second-order valence-corrected chi connectivity index (χ2v) is 3.86. The molecule has 0 aliphatic carbocycles. The molecule has 0 saturated carbocycles. The van der Waals surface area contributed by atoms with Crippen molar-refractivity contribution >= 4 is 11.6 Å². The number of aromatic nitrogens is 2. The Bertz CT molecular complexity index is 677. The summed E-state index contributed by atoms with van der Waals surface area (Å²) in [6, 6.07) is 3.17. The van der Waals surface area contributed by atoms with E-state index >= 15 is 0 Å². The van der Waals surface area contributed by atoms with E-state index in [4.69, 9.17) is 0 Å². The molecule has 2 aromatic rings. The zero-order chi connectivity index (χ0) is 15.8. The Hall–Kier alpha value is -2.98. The van der Waals surface area contributed by atoms with Gasteiger partial charge in [0, 0.05) is 0 Å². The monoisotopic (exact) mass is 302 g/mol. The maximum atomic E-state index is 12.4. The fraction of sp³-hybridized carbons (Fsp3) is 0.100. The van der Waals surface area contributed by atoms with Gasteiger partial charge in [0.25, 0.3) is 0 Å². The molecule has 0 saturated heterocycles. The van der Waals surface area contributed by atoms with Crippen LogP contribution in [0.4, 0.5) is 24.8 Å². The maximum Gasteiger partial charge on any atom is 0.428 e. The minimum atomic E-state index is -4.58. The molecule has 8 nitrogen and oxygen atoms in total. The second kappa shape index (κ2) is 4.85. The second-order valence-electron chi connectivity index (χ2n) is 3.86. The lowest BCUT2D eigenvalue weighted by atomic mass is 10.1. The number of hydrogen-bond donors (Lipinski definition) is 1. The molecule has 110 valence electrons. The zero-order valence-corrected chi connectivity index (χ0v) is 9.92. The molecule has 21 heavy (non-hydrogen) atoms. The molecule has 0 unspecified atom stereocenters. The fourth-order valence-corrected chi connectivity index (χ4v) is 1.68. The predicted molar refractivity (Wildman–Crippen MR) is 62.3 cm³/mol. The molecule has 1 aromatic carbocycles. The highest BCUT2D eigenvalue weighted by Gasteiger charge is 2.34. The lowest BCUT2D eigenvalue weighted by Gasteiger charge is -2.06. The minimum absolute atomic E-state index is 0.116. The van der Waals surface area contributed by atoms with Crippen molar-refractivity contribution in [3.05, 3.63) is 50.1 Å². The van der Waals surface area contributed by atoms with Crippen molar-refractivity contribution in [2.24, 2.45) is 0 Å². The summed E-state index contributed by atoms with van der Waals surface area (Å²) in [7, 11) is 0. The van der Waals surface area contributed by atoms with E-state index in [0.717, 1.165) is 12.1 Å². The first-order valence-corrected chi connectivity index (χ1v) is 5.26. The molecule has 0 atom stereocenters. The first kappa shape index (κ1) is 14.4. The van der Waals surface area contributed by atoms with Gasteiger partial charge in [-0.2, -0.15) is 13.2 Å². The van der Waals surface area contributed by atoms with Gasteiger partial charge in [0.2, 0.25) is 0 Å². The van der Waals surface area contributed by atoms with Gasteiger partial charge in [-0.1, -0.05) is 12.1 Å². The van der Waals surface area contributed by atoms with Gasteiger partial charge in [0.15, 0.2) is 5.56 Å². The van der Waals surface area contributed by atoms with Gasteiger partial charge in [-0.05, 0) is 32.6 Å². The summed E-state index contributed by atoms with van der Waals surface area (Å²) >= 11 is 0. The average Bonchev–Trinajstić information content (AvgIpc) is 2.82. The molecule has 1 heterocycles. The average molecular weight is 302 g/mol. The summed E-state index contributed by atoms with van der Waals surface area (Å²) in [5.74, 6) is -1.59. The van der Waals surface area contributed by atoms with Crippen molar-refractivity contribution in [2.75, 3.05) is 0 Å². The van der Waals surface area contributed by atoms with Gasteiger partial charge in [-0.15, -0.1) is 0 Å². The van der Waals surface area contributed by atoms with Gasteiger partial charge in [-0.25, -0.2) is 0 Å².